The minimum Gasteiger partial charge on any atom is -0.338 e. The Morgan fingerprint density at radius 3 is 2.59 bits per heavy atom. The highest BCUT2D eigenvalue weighted by molar-refractivity contribution is 5.79. The molecule has 0 aromatic rings. The Bertz CT molecular complexity index is 256. The lowest BCUT2D eigenvalue weighted by Crippen LogP contribution is -2.29. The fourth-order valence-corrected chi connectivity index (χ4v) is 1.16. The number of hydroxylamine groups is 2. The molecule has 0 rings (SSSR count). The average Bonchev–Trinajstić information content (AvgIpc) is 2.31. The maximum atomic E-state index is 11.3. The molecular formula is C11H20N2O4. The Morgan fingerprint density at radius 1 is 1.29 bits per heavy atom. The van der Waals surface area contributed by atoms with E-state index in [0.29, 0.717) is 6.29 Å². The molecular weight excluding hydrogens is 224 g/mol. The highest BCUT2D eigenvalue weighted by Gasteiger charge is 2.13. The molecule has 0 saturated carbocycles. The molecule has 0 heterocycles. The molecule has 17 heavy (non-hydrogen) atoms. The van der Waals surface area contributed by atoms with E-state index in [1.54, 1.807) is 0 Å². The minimum atomic E-state index is -0.428. The van der Waals surface area contributed by atoms with Crippen molar-refractivity contribution in [2.45, 2.75) is 32.1 Å². The average molecular weight is 244 g/mol. The molecule has 0 radical (unpaired) electrons. The van der Waals surface area contributed by atoms with Crippen molar-refractivity contribution in [2.24, 2.45) is 0 Å². The quantitative estimate of drug-likeness (QED) is 0.377. The third-order valence-electron chi connectivity index (χ3n) is 2.12. The van der Waals surface area contributed by atoms with Gasteiger partial charge in [0.25, 0.3) is 5.91 Å². The van der Waals surface area contributed by atoms with Crippen molar-refractivity contribution in [3.05, 3.63) is 0 Å². The second-order valence-electron chi connectivity index (χ2n) is 3.62. The summed E-state index contributed by atoms with van der Waals surface area (Å²) in [6.07, 6.45) is 2.75. The van der Waals surface area contributed by atoms with Crippen molar-refractivity contribution in [2.75, 3.05) is 20.6 Å². The lowest BCUT2D eigenvalue weighted by molar-refractivity contribution is -0.192. The van der Waals surface area contributed by atoms with E-state index in [1.807, 2.05) is 7.05 Å². The van der Waals surface area contributed by atoms with E-state index in [4.69, 9.17) is 4.84 Å². The summed E-state index contributed by atoms with van der Waals surface area (Å²) in [5.74, 6) is -0.802. The van der Waals surface area contributed by atoms with Crippen LogP contribution < -0.4 is 5.32 Å². The fraction of sp³-hybridized carbons (Fsp3) is 0.727. The number of nitrogens with one attached hydrogen (secondary N) is 1. The Morgan fingerprint density at radius 2 is 2.00 bits per heavy atom. The molecule has 0 aliphatic rings. The molecule has 0 atom stereocenters. The number of amides is 1. The van der Waals surface area contributed by atoms with E-state index >= 15 is 0 Å². The van der Waals surface area contributed by atoms with Crippen molar-refractivity contribution in [1.29, 1.82) is 0 Å². The molecule has 0 aromatic heterocycles. The summed E-state index contributed by atoms with van der Waals surface area (Å²) in [4.78, 5) is 37.5. The van der Waals surface area contributed by atoms with Gasteiger partial charge in [-0.3, -0.25) is 4.79 Å². The standard InChI is InChI=1S/C11H20N2O4/c1-12-8-4-3-7-11(16)17-13(2)10(15)6-5-9-14/h9,12H,3-8H2,1-2H3. The smallest absolute Gasteiger partial charge is 0.332 e. The normalized spacial score (nSPS) is 9.76. The first-order valence-electron chi connectivity index (χ1n) is 5.67. The van der Waals surface area contributed by atoms with Crippen LogP contribution in [0.15, 0.2) is 0 Å². The van der Waals surface area contributed by atoms with Crippen LogP contribution in [0.3, 0.4) is 0 Å². The number of unbranched alkanes of at least 4 members (excludes halogenated alkanes) is 1. The first-order valence-corrected chi connectivity index (χ1v) is 5.67. The van der Waals surface area contributed by atoms with Crippen LogP contribution in [-0.2, 0) is 19.2 Å². The van der Waals surface area contributed by atoms with Gasteiger partial charge in [0, 0.05) is 26.3 Å². The summed E-state index contributed by atoms with van der Waals surface area (Å²) in [6, 6.07) is 0. The molecule has 0 unspecified atom stereocenters. The third kappa shape index (κ3) is 8.38. The lowest BCUT2D eigenvalue weighted by Gasteiger charge is -2.15. The maximum Gasteiger partial charge on any atom is 0.332 e. The zero-order chi connectivity index (χ0) is 13.1. The summed E-state index contributed by atoms with van der Waals surface area (Å²) in [6.45, 7) is 0.849. The molecule has 0 fully saturated rings. The summed E-state index contributed by atoms with van der Waals surface area (Å²) in [5.41, 5.74) is 0. The van der Waals surface area contributed by atoms with Gasteiger partial charge in [0.1, 0.15) is 6.29 Å². The van der Waals surface area contributed by atoms with Gasteiger partial charge in [-0.1, -0.05) is 0 Å². The van der Waals surface area contributed by atoms with Gasteiger partial charge in [-0.15, -0.1) is 0 Å². The fourth-order valence-electron chi connectivity index (χ4n) is 1.16. The molecule has 0 aliphatic heterocycles. The number of aldehydes is 1. The predicted octanol–water partition coefficient (Wildman–Crippen LogP) is 0.272. The van der Waals surface area contributed by atoms with Crippen LogP contribution in [0.5, 0.6) is 0 Å². The van der Waals surface area contributed by atoms with E-state index in [1.165, 1.54) is 7.05 Å². The number of hydrogen-bond donors (Lipinski definition) is 1. The predicted molar refractivity (Wildman–Crippen MR) is 61.9 cm³/mol. The van der Waals surface area contributed by atoms with Crippen molar-refractivity contribution >= 4 is 18.2 Å². The zero-order valence-electron chi connectivity index (χ0n) is 10.4. The van der Waals surface area contributed by atoms with Crippen LogP contribution >= 0.6 is 0 Å². The van der Waals surface area contributed by atoms with Crippen molar-refractivity contribution in [3.63, 3.8) is 0 Å². The van der Waals surface area contributed by atoms with Gasteiger partial charge < -0.3 is 14.9 Å². The van der Waals surface area contributed by atoms with Crippen LogP contribution in [0, 0.1) is 0 Å². The van der Waals surface area contributed by atoms with Gasteiger partial charge in [0.2, 0.25) is 0 Å². The van der Waals surface area contributed by atoms with E-state index in [0.717, 1.165) is 24.4 Å². The summed E-state index contributed by atoms with van der Waals surface area (Å²) >= 11 is 0. The molecule has 0 saturated heterocycles. The Hall–Kier alpha value is -1.43. The number of nitrogens with zero attached hydrogens (tertiary/aromatic N) is 1. The summed E-state index contributed by atoms with van der Waals surface area (Å²) in [5, 5.41) is 3.87. The van der Waals surface area contributed by atoms with E-state index < -0.39 is 5.97 Å². The van der Waals surface area contributed by atoms with Gasteiger partial charge in [-0.25, -0.2) is 4.79 Å². The maximum absolute atomic E-state index is 11.3. The number of hydrogen-bond acceptors (Lipinski definition) is 5. The third-order valence-corrected chi connectivity index (χ3v) is 2.12. The van der Waals surface area contributed by atoms with Crippen LogP contribution in [0.2, 0.25) is 0 Å². The van der Waals surface area contributed by atoms with Gasteiger partial charge in [-0.2, -0.15) is 5.06 Å². The molecule has 0 aromatic carbocycles. The first-order chi connectivity index (χ1) is 8.11. The van der Waals surface area contributed by atoms with Crippen molar-refractivity contribution < 1.29 is 19.2 Å². The largest absolute Gasteiger partial charge is 0.338 e. The van der Waals surface area contributed by atoms with Crippen molar-refractivity contribution in [1.82, 2.24) is 10.4 Å². The van der Waals surface area contributed by atoms with E-state index in [9.17, 15) is 14.4 Å². The summed E-state index contributed by atoms with van der Waals surface area (Å²) in [7, 11) is 3.22. The number of carbonyl (C=O) groups excluding carboxylic acids is 3. The van der Waals surface area contributed by atoms with Gasteiger partial charge in [0.05, 0.1) is 0 Å². The lowest BCUT2D eigenvalue weighted by atomic mass is 10.2. The van der Waals surface area contributed by atoms with Gasteiger partial charge in [0.15, 0.2) is 0 Å². The molecule has 6 nitrogen and oxygen atoms in total. The molecule has 0 aliphatic carbocycles. The van der Waals surface area contributed by atoms with Crippen LogP contribution in [0.25, 0.3) is 0 Å². The molecule has 6 heteroatoms. The second kappa shape index (κ2) is 9.77. The highest BCUT2D eigenvalue weighted by Crippen LogP contribution is 2.01. The van der Waals surface area contributed by atoms with E-state index in [2.05, 4.69) is 5.32 Å². The Balaban J connectivity index is 3.71. The van der Waals surface area contributed by atoms with Crippen LogP contribution in [0.1, 0.15) is 32.1 Å². The van der Waals surface area contributed by atoms with Gasteiger partial charge in [-0.05, 0) is 26.4 Å². The van der Waals surface area contributed by atoms with Gasteiger partial charge >= 0.3 is 5.97 Å². The number of carbonyl (C=O) groups is 3. The molecule has 0 spiro atoms. The van der Waals surface area contributed by atoms with Crippen molar-refractivity contribution in [3.8, 4) is 0 Å². The van der Waals surface area contributed by atoms with Crippen LogP contribution in [-0.4, -0.2) is 43.9 Å². The highest BCUT2D eigenvalue weighted by atomic mass is 16.7. The number of rotatable bonds is 8. The summed E-state index contributed by atoms with van der Waals surface area (Å²) < 4.78 is 0. The van der Waals surface area contributed by atoms with E-state index in [-0.39, 0.29) is 25.2 Å². The first kappa shape index (κ1) is 15.6. The Kier molecular flexibility index (Phi) is 8.95. The Labute approximate surface area is 101 Å². The SMILES string of the molecule is CNCCCCC(=O)ON(C)C(=O)CCC=O. The molecule has 98 valence electrons. The molecule has 0 bridgehead atoms. The monoisotopic (exact) mass is 244 g/mol. The molecule has 1 N–H and O–H groups in total. The minimum absolute atomic E-state index is 0.0625. The van der Waals surface area contributed by atoms with Crippen LogP contribution in [0.4, 0.5) is 0 Å². The second-order valence-corrected chi connectivity index (χ2v) is 3.62. The molecule has 1 amide bonds. The zero-order valence-corrected chi connectivity index (χ0v) is 10.4. The topological polar surface area (TPSA) is 75.7 Å².